The molecule has 18 heavy (non-hydrogen) atoms. The van der Waals surface area contributed by atoms with Gasteiger partial charge in [0.1, 0.15) is 5.82 Å². The van der Waals surface area contributed by atoms with E-state index in [0.717, 1.165) is 11.3 Å². The van der Waals surface area contributed by atoms with Gasteiger partial charge in [-0.3, -0.25) is 4.98 Å². The van der Waals surface area contributed by atoms with Crippen molar-refractivity contribution in [1.29, 1.82) is 0 Å². The third-order valence-corrected chi connectivity index (χ3v) is 3.19. The Hall–Kier alpha value is -1.26. The van der Waals surface area contributed by atoms with Gasteiger partial charge in [0.25, 0.3) is 0 Å². The van der Waals surface area contributed by atoms with E-state index in [1.165, 1.54) is 6.07 Å². The van der Waals surface area contributed by atoms with E-state index in [4.69, 9.17) is 0 Å². The molecule has 4 heteroatoms. The predicted molar refractivity (Wildman–Crippen MR) is 71.7 cm³/mol. The van der Waals surface area contributed by atoms with E-state index < -0.39 is 11.9 Å². The lowest BCUT2D eigenvalue weighted by Gasteiger charge is -2.12. The molecule has 0 saturated carbocycles. The Balaban J connectivity index is 2.16. The number of aliphatic hydroxyl groups excluding tert-OH is 1. The highest BCUT2D eigenvalue weighted by molar-refractivity contribution is 9.10. The minimum absolute atomic E-state index is 0.292. The molecule has 0 bridgehead atoms. The van der Waals surface area contributed by atoms with Gasteiger partial charge in [0.15, 0.2) is 0 Å². The fraction of sp³-hybridized carbons (Fsp3) is 0.214. The van der Waals surface area contributed by atoms with E-state index in [1.54, 1.807) is 18.3 Å². The lowest BCUT2D eigenvalue weighted by molar-refractivity contribution is 0.172. The highest BCUT2D eigenvalue weighted by Gasteiger charge is 2.14. The monoisotopic (exact) mass is 309 g/mol. The zero-order valence-corrected chi connectivity index (χ0v) is 11.5. The van der Waals surface area contributed by atoms with Crippen LogP contribution in [0.15, 0.2) is 41.0 Å². The fourth-order valence-corrected chi connectivity index (χ4v) is 2.03. The summed E-state index contributed by atoms with van der Waals surface area (Å²) >= 11 is 3.19. The molecular formula is C14H13BrFNO. The van der Waals surface area contributed by atoms with Crippen LogP contribution in [0.4, 0.5) is 4.39 Å². The normalized spacial score (nSPS) is 12.4. The van der Waals surface area contributed by atoms with E-state index in [0.29, 0.717) is 16.5 Å². The predicted octanol–water partition coefficient (Wildman–Crippen LogP) is 3.57. The van der Waals surface area contributed by atoms with Crippen LogP contribution in [-0.4, -0.2) is 10.1 Å². The van der Waals surface area contributed by atoms with Crippen molar-refractivity contribution in [2.45, 2.75) is 19.4 Å². The van der Waals surface area contributed by atoms with E-state index >= 15 is 0 Å². The van der Waals surface area contributed by atoms with Crippen LogP contribution in [-0.2, 0) is 6.42 Å². The molecule has 1 atom stereocenters. The highest BCUT2D eigenvalue weighted by Crippen LogP contribution is 2.23. The standard InChI is InChI=1S/C14H13BrFNO/c1-9-2-4-11(17-8-9)7-14(18)12-5-3-10(15)6-13(12)16/h2-6,8,14,18H,7H2,1H3. The van der Waals surface area contributed by atoms with Crippen molar-refractivity contribution < 1.29 is 9.50 Å². The summed E-state index contributed by atoms with van der Waals surface area (Å²) in [6.07, 6.45) is 1.16. The maximum atomic E-state index is 13.7. The van der Waals surface area contributed by atoms with Crippen molar-refractivity contribution in [3.63, 3.8) is 0 Å². The first kappa shape index (κ1) is 13.2. The molecule has 0 aliphatic rings. The van der Waals surface area contributed by atoms with Crippen molar-refractivity contribution >= 4 is 15.9 Å². The molecule has 0 fully saturated rings. The number of hydrogen-bond acceptors (Lipinski definition) is 2. The lowest BCUT2D eigenvalue weighted by atomic mass is 10.0. The molecular weight excluding hydrogens is 297 g/mol. The number of nitrogens with zero attached hydrogens (tertiary/aromatic N) is 1. The molecule has 1 aromatic carbocycles. The van der Waals surface area contributed by atoms with Crippen LogP contribution in [0.25, 0.3) is 0 Å². The first-order valence-corrected chi connectivity index (χ1v) is 6.40. The number of aryl methyl sites for hydroxylation is 1. The molecule has 0 spiro atoms. The highest BCUT2D eigenvalue weighted by atomic mass is 79.9. The van der Waals surface area contributed by atoms with Crippen LogP contribution in [0.5, 0.6) is 0 Å². The first-order chi connectivity index (χ1) is 8.56. The van der Waals surface area contributed by atoms with Gasteiger partial charge in [-0.25, -0.2) is 4.39 Å². The molecule has 1 N–H and O–H groups in total. The lowest BCUT2D eigenvalue weighted by Crippen LogP contribution is -2.05. The first-order valence-electron chi connectivity index (χ1n) is 5.61. The number of hydrogen-bond donors (Lipinski definition) is 1. The van der Waals surface area contributed by atoms with E-state index in [9.17, 15) is 9.50 Å². The van der Waals surface area contributed by atoms with Crippen molar-refractivity contribution in [1.82, 2.24) is 4.98 Å². The van der Waals surface area contributed by atoms with Gasteiger partial charge in [0.05, 0.1) is 6.10 Å². The van der Waals surface area contributed by atoms with Crippen LogP contribution >= 0.6 is 15.9 Å². The Morgan fingerprint density at radius 3 is 2.72 bits per heavy atom. The molecule has 94 valence electrons. The average molecular weight is 310 g/mol. The number of benzene rings is 1. The summed E-state index contributed by atoms with van der Waals surface area (Å²) in [4.78, 5) is 4.20. The number of aliphatic hydroxyl groups is 1. The summed E-state index contributed by atoms with van der Waals surface area (Å²) < 4.78 is 14.3. The second kappa shape index (κ2) is 5.59. The number of pyridine rings is 1. The van der Waals surface area contributed by atoms with Gasteiger partial charge in [-0.05, 0) is 30.7 Å². The van der Waals surface area contributed by atoms with E-state index in [1.807, 2.05) is 19.1 Å². The summed E-state index contributed by atoms with van der Waals surface area (Å²) in [6.45, 7) is 1.95. The quantitative estimate of drug-likeness (QED) is 0.940. The largest absolute Gasteiger partial charge is 0.388 e. The van der Waals surface area contributed by atoms with Gasteiger partial charge in [0, 0.05) is 28.3 Å². The molecule has 2 rings (SSSR count). The van der Waals surface area contributed by atoms with Gasteiger partial charge in [-0.2, -0.15) is 0 Å². The van der Waals surface area contributed by atoms with Crippen LogP contribution in [0.3, 0.4) is 0 Å². The Kier molecular flexibility index (Phi) is 4.09. The Labute approximate surface area is 114 Å². The van der Waals surface area contributed by atoms with Crippen LogP contribution in [0.2, 0.25) is 0 Å². The van der Waals surface area contributed by atoms with Gasteiger partial charge >= 0.3 is 0 Å². The molecule has 0 aliphatic heterocycles. The summed E-state index contributed by atoms with van der Waals surface area (Å²) in [5.74, 6) is -0.413. The van der Waals surface area contributed by atoms with Crippen LogP contribution < -0.4 is 0 Å². The second-order valence-electron chi connectivity index (χ2n) is 4.21. The topological polar surface area (TPSA) is 33.1 Å². The van der Waals surface area contributed by atoms with Crippen molar-refractivity contribution in [2.75, 3.05) is 0 Å². The Morgan fingerprint density at radius 1 is 1.33 bits per heavy atom. The van der Waals surface area contributed by atoms with Crippen LogP contribution in [0.1, 0.15) is 22.9 Å². The molecule has 1 heterocycles. The second-order valence-corrected chi connectivity index (χ2v) is 5.13. The number of rotatable bonds is 3. The fourth-order valence-electron chi connectivity index (χ4n) is 1.70. The summed E-state index contributed by atoms with van der Waals surface area (Å²) in [6, 6.07) is 8.41. The maximum Gasteiger partial charge on any atom is 0.130 e. The summed E-state index contributed by atoms with van der Waals surface area (Å²) in [5, 5.41) is 10.0. The van der Waals surface area contributed by atoms with Crippen molar-refractivity contribution in [3.05, 3.63) is 63.6 Å². The van der Waals surface area contributed by atoms with E-state index in [-0.39, 0.29) is 0 Å². The summed E-state index contributed by atoms with van der Waals surface area (Å²) in [5.41, 5.74) is 2.10. The minimum atomic E-state index is -0.881. The maximum absolute atomic E-state index is 13.7. The molecule has 2 nitrogen and oxygen atoms in total. The van der Waals surface area contributed by atoms with Gasteiger partial charge in [-0.15, -0.1) is 0 Å². The molecule has 1 unspecified atom stereocenters. The molecule has 0 aliphatic carbocycles. The summed E-state index contributed by atoms with van der Waals surface area (Å²) in [7, 11) is 0. The van der Waals surface area contributed by atoms with Gasteiger partial charge in [0.2, 0.25) is 0 Å². The van der Waals surface area contributed by atoms with Gasteiger partial charge in [-0.1, -0.05) is 28.1 Å². The number of aromatic nitrogens is 1. The minimum Gasteiger partial charge on any atom is -0.388 e. The van der Waals surface area contributed by atoms with E-state index in [2.05, 4.69) is 20.9 Å². The van der Waals surface area contributed by atoms with Gasteiger partial charge < -0.3 is 5.11 Å². The molecule has 2 aromatic rings. The Morgan fingerprint density at radius 2 is 2.11 bits per heavy atom. The zero-order valence-electron chi connectivity index (χ0n) is 9.90. The third-order valence-electron chi connectivity index (χ3n) is 2.70. The number of halogens is 2. The molecule has 0 saturated heterocycles. The molecule has 1 aromatic heterocycles. The third kappa shape index (κ3) is 3.15. The molecule has 0 radical (unpaired) electrons. The SMILES string of the molecule is Cc1ccc(CC(O)c2ccc(Br)cc2F)nc1. The Bertz CT molecular complexity index is 542. The molecule has 0 amide bonds. The van der Waals surface area contributed by atoms with Crippen molar-refractivity contribution in [2.24, 2.45) is 0 Å². The van der Waals surface area contributed by atoms with Crippen molar-refractivity contribution in [3.8, 4) is 0 Å². The smallest absolute Gasteiger partial charge is 0.130 e. The average Bonchev–Trinajstić information content (AvgIpc) is 2.32. The van der Waals surface area contributed by atoms with Crippen LogP contribution in [0, 0.1) is 12.7 Å². The zero-order chi connectivity index (χ0) is 13.1.